The van der Waals surface area contributed by atoms with E-state index < -0.39 is 15.6 Å². The molecule has 2 N–H and O–H groups in total. The molecule has 0 aliphatic carbocycles. The number of sulfonamides is 1. The maximum absolute atomic E-state index is 12.2. The van der Waals surface area contributed by atoms with Gasteiger partial charge >= 0.3 is 0 Å². The largest absolute Gasteiger partial charge is 0.353 e. The summed E-state index contributed by atoms with van der Waals surface area (Å²) in [6, 6.07) is 0.248. The van der Waals surface area contributed by atoms with Crippen LogP contribution in [0.25, 0.3) is 0 Å². The first-order valence-electron chi connectivity index (χ1n) is 6.20. The Morgan fingerprint density at radius 1 is 1.44 bits per heavy atom. The van der Waals surface area contributed by atoms with Gasteiger partial charge in [-0.1, -0.05) is 13.8 Å². The Kier molecular flexibility index (Phi) is 4.74. The molecular formula is C11H23N3O3S. The van der Waals surface area contributed by atoms with Crippen molar-refractivity contribution >= 4 is 15.9 Å². The van der Waals surface area contributed by atoms with Gasteiger partial charge in [-0.3, -0.25) is 4.79 Å². The smallest absolute Gasteiger partial charge is 0.241 e. The number of rotatable bonds is 5. The standard InChI is InChI=1S/C11H23N3O3S/c1-9(2)12-6-8-18(16,17)14-7-5-13-10(15)11(14,3)4/h9,12H,5-8H2,1-4H3,(H,13,15). The predicted octanol–water partition coefficient (Wildman–Crippen LogP) is -0.475. The van der Waals surface area contributed by atoms with Crippen LogP contribution in [-0.2, 0) is 14.8 Å². The normalized spacial score (nSPS) is 21.1. The average Bonchev–Trinajstić information content (AvgIpc) is 2.20. The number of hydrogen-bond donors (Lipinski definition) is 2. The third-order valence-electron chi connectivity index (χ3n) is 3.03. The van der Waals surface area contributed by atoms with Gasteiger partial charge < -0.3 is 10.6 Å². The number of nitrogens with zero attached hydrogens (tertiary/aromatic N) is 1. The summed E-state index contributed by atoms with van der Waals surface area (Å²) in [5, 5.41) is 5.76. The fourth-order valence-electron chi connectivity index (χ4n) is 1.95. The van der Waals surface area contributed by atoms with Crippen LogP contribution in [0.15, 0.2) is 0 Å². The van der Waals surface area contributed by atoms with Crippen molar-refractivity contribution < 1.29 is 13.2 Å². The lowest BCUT2D eigenvalue weighted by atomic mass is 10.0. The Morgan fingerprint density at radius 3 is 2.61 bits per heavy atom. The average molecular weight is 277 g/mol. The highest BCUT2D eigenvalue weighted by Gasteiger charge is 2.43. The molecule has 0 saturated carbocycles. The molecule has 1 fully saturated rings. The summed E-state index contributed by atoms with van der Waals surface area (Å²) in [5.41, 5.74) is -1.01. The number of carbonyl (C=O) groups excluding carboxylic acids is 1. The molecule has 1 aliphatic rings. The van der Waals surface area contributed by atoms with E-state index in [9.17, 15) is 13.2 Å². The zero-order valence-corrected chi connectivity index (χ0v) is 12.3. The molecule has 0 aromatic carbocycles. The zero-order valence-electron chi connectivity index (χ0n) is 11.5. The summed E-state index contributed by atoms with van der Waals surface area (Å²) in [5.74, 6) is -0.226. The molecular weight excluding hydrogens is 254 g/mol. The van der Waals surface area contributed by atoms with Gasteiger partial charge in [0.2, 0.25) is 15.9 Å². The van der Waals surface area contributed by atoms with Crippen LogP contribution < -0.4 is 10.6 Å². The first kappa shape index (κ1) is 15.4. The summed E-state index contributed by atoms with van der Waals surface area (Å²) in [4.78, 5) is 11.7. The van der Waals surface area contributed by atoms with Crippen LogP contribution in [0.3, 0.4) is 0 Å². The SMILES string of the molecule is CC(C)NCCS(=O)(=O)N1CCNC(=O)C1(C)C. The van der Waals surface area contributed by atoms with Crippen LogP contribution in [0.5, 0.6) is 0 Å². The van der Waals surface area contributed by atoms with Crippen molar-refractivity contribution in [3.8, 4) is 0 Å². The maximum atomic E-state index is 12.2. The Balaban J connectivity index is 2.74. The molecule has 1 saturated heterocycles. The van der Waals surface area contributed by atoms with Crippen LogP contribution in [0, 0.1) is 0 Å². The van der Waals surface area contributed by atoms with E-state index in [-0.39, 0.29) is 17.7 Å². The summed E-state index contributed by atoms with van der Waals surface area (Å²) in [6.45, 7) is 8.30. The third-order valence-corrected chi connectivity index (χ3v) is 5.06. The fourth-order valence-corrected chi connectivity index (χ4v) is 3.70. The zero-order chi connectivity index (χ0) is 14.0. The highest BCUT2D eigenvalue weighted by Crippen LogP contribution is 2.21. The van der Waals surface area contributed by atoms with Gasteiger partial charge in [-0.15, -0.1) is 0 Å². The van der Waals surface area contributed by atoms with Crippen molar-refractivity contribution in [3.63, 3.8) is 0 Å². The minimum Gasteiger partial charge on any atom is -0.353 e. The van der Waals surface area contributed by atoms with Crippen LogP contribution in [-0.4, -0.2) is 55.6 Å². The van der Waals surface area contributed by atoms with E-state index in [0.717, 1.165) is 0 Å². The van der Waals surface area contributed by atoms with Gasteiger partial charge in [0.15, 0.2) is 0 Å². The van der Waals surface area contributed by atoms with Crippen LogP contribution in [0.1, 0.15) is 27.7 Å². The summed E-state index contributed by atoms with van der Waals surface area (Å²) >= 11 is 0. The highest BCUT2D eigenvalue weighted by molar-refractivity contribution is 7.89. The molecule has 1 rings (SSSR count). The molecule has 0 atom stereocenters. The molecule has 7 heteroatoms. The second kappa shape index (κ2) is 5.54. The third kappa shape index (κ3) is 3.43. The molecule has 0 aromatic heterocycles. The molecule has 6 nitrogen and oxygen atoms in total. The van der Waals surface area contributed by atoms with Crippen LogP contribution >= 0.6 is 0 Å². The number of nitrogens with one attached hydrogen (secondary N) is 2. The monoisotopic (exact) mass is 277 g/mol. The van der Waals surface area contributed by atoms with Gasteiger partial charge in [-0.25, -0.2) is 8.42 Å². The fraction of sp³-hybridized carbons (Fsp3) is 0.909. The van der Waals surface area contributed by atoms with E-state index in [1.165, 1.54) is 4.31 Å². The van der Waals surface area contributed by atoms with Crippen molar-refractivity contribution in [1.29, 1.82) is 0 Å². The maximum Gasteiger partial charge on any atom is 0.241 e. The number of amides is 1. The number of carbonyl (C=O) groups is 1. The molecule has 18 heavy (non-hydrogen) atoms. The number of piperazine rings is 1. The van der Waals surface area contributed by atoms with Crippen LogP contribution in [0.4, 0.5) is 0 Å². The summed E-state index contributed by atoms with van der Waals surface area (Å²) in [6.07, 6.45) is 0. The summed E-state index contributed by atoms with van der Waals surface area (Å²) < 4.78 is 25.8. The second-order valence-electron chi connectivity index (χ2n) is 5.31. The minimum absolute atomic E-state index is 0.0158. The molecule has 106 valence electrons. The van der Waals surface area contributed by atoms with Gasteiger partial charge in [0.25, 0.3) is 0 Å². The van der Waals surface area contributed by atoms with Crippen molar-refractivity contribution in [2.45, 2.75) is 39.3 Å². The van der Waals surface area contributed by atoms with E-state index in [1.807, 2.05) is 13.8 Å². The quantitative estimate of drug-likeness (QED) is 0.712. The Hall–Kier alpha value is -0.660. The van der Waals surface area contributed by atoms with E-state index in [2.05, 4.69) is 10.6 Å². The molecule has 1 aliphatic heterocycles. The molecule has 1 amide bonds. The highest BCUT2D eigenvalue weighted by atomic mass is 32.2. The first-order valence-corrected chi connectivity index (χ1v) is 7.81. The second-order valence-corrected chi connectivity index (χ2v) is 7.32. The van der Waals surface area contributed by atoms with Crippen molar-refractivity contribution in [1.82, 2.24) is 14.9 Å². The molecule has 0 spiro atoms. The number of hydrogen-bond acceptors (Lipinski definition) is 4. The lowest BCUT2D eigenvalue weighted by molar-refractivity contribution is -0.131. The van der Waals surface area contributed by atoms with Crippen molar-refractivity contribution in [2.24, 2.45) is 0 Å². The van der Waals surface area contributed by atoms with E-state index >= 15 is 0 Å². The summed E-state index contributed by atoms with van der Waals surface area (Å²) in [7, 11) is -3.41. The lowest BCUT2D eigenvalue weighted by Crippen LogP contribution is -2.63. The topological polar surface area (TPSA) is 78.5 Å². The predicted molar refractivity (Wildman–Crippen MR) is 70.7 cm³/mol. The van der Waals surface area contributed by atoms with Gasteiger partial charge in [0, 0.05) is 25.7 Å². The Labute approximate surface area is 109 Å². The van der Waals surface area contributed by atoms with Crippen molar-refractivity contribution in [2.75, 3.05) is 25.4 Å². The van der Waals surface area contributed by atoms with Crippen LogP contribution in [0.2, 0.25) is 0 Å². The van der Waals surface area contributed by atoms with E-state index in [4.69, 9.17) is 0 Å². The molecule has 0 unspecified atom stereocenters. The minimum atomic E-state index is -3.41. The molecule has 1 heterocycles. The van der Waals surface area contributed by atoms with Gasteiger partial charge in [-0.2, -0.15) is 4.31 Å². The lowest BCUT2D eigenvalue weighted by Gasteiger charge is -2.39. The van der Waals surface area contributed by atoms with Gasteiger partial charge in [0.1, 0.15) is 5.54 Å². The van der Waals surface area contributed by atoms with Crippen molar-refractivity contribution in [3.05, 3.63) is 0 Å². The van der Waals surface area contributed by atoms with Gasteiger partial charge in [0.05, 0.1) is 5.75 Å². The van der Waals surface area contributed by atoms with E-state index in [0.29, 0.717) is 19.6 Å². The Bertz CT molecular complexity index is 404. The molecule has 0 aromatic rings. The van der Waals surface area contributed by atoms with E-state index in [1.54, 1.807) is 13.8 Å². The van der Waals surface area contributed by atoms with Gasteiger partial charge in [-0.05, 0) is 13.8 Å². The first-order chi connectivity index (χ1) is 8.18. The molecule has 0 radical (unpaired) electrons. The Morgan fingerprint density at radius 2 is 2.06 bits per heavy atom. The molecule has 0 bridgehead atoms.